The van der Waals surface area contributed by atoms with Gasteiger partial charge in [0.25, 0.3) is 0 Å². The van der Waals surface area contributed by atoms with E-state index in [1.807, 2.05) is 26.2 Å². The summed E-state index contributed by atoms with van der Waals surface area (Å²) in [5.41, 5.74) is 0.164. The van der Waals surface area contributed by atoms with E-state index in [0.717, 1.165) is 5.76 Å². The van der Waals surface area contributed by atoms with Crippen LogP contribution in [-0.2, 0) is 6.54 Å². The van der Waals surface area contributed by atoms with Crippen molar-refractivity contribution >= 4 is 5.97 Å². The zero-order valence-corrected chi connectivity index (χ0v) is 11.5. The summed E-state index contributed by atoms with van der Waals surface area (Å²) in [6, 6.07) is 5.42. The van der Waals surface area contributed by atoms with Crippen molar-refractivity contribution < 1.29 is 18.7 Å². The van der Waals surface area contributed by atoms with Crippen LogP contribution in [0.4, 0.5) is 0 Å². The lowest BCUT2D eigenvalue weighted by molar-refractivity contribution is 0.0696. The third-order valence-corrected chi connectivity index (χ3v) is 3.03. The van der Waals surface area contributed by atoms with Gasteiger partial charge in [-0.25, -0.2) is 4.79 Å². The standard InChI is InChI=1S/C14H18N2O4/c1-16(2)12(13-4-3-5-19-13)8-15-7-11-6-10(9-20-11)14(17)18/h3-6,9,12,15H,7-8H2,1-2H3,(H,17,18). The van der Waals surface area contributed by atoms with E-state index in [2.05, 4.69) is 10.2 Å². The van der Waals surface area contributed by atoms with E-state index in [4.69, 9.17) is 13.9 Å². The zero-order chi connectivity index (χ0) is 14.5. The molecule has 0 aliphatic carbocycles. The first-order chi connectivity index (χ1) is 9.58. The predicted octanol–water partition coefficient (Wildman–Crippen LogP) is 1.96. The zero-order valence-electron chi connectivity index (χ0n) is 11.5. The normalized spacial score (nSPS) is 12.8. The minimum Gasteiger partial charge on any atom is -0.478 e. The molecule has 2 aromatic heterocycles. The molecule has 2 heterocycles. The second kappa shape index (κ2) is 6.40. The van der Waals surface area contributed by atoms with Crippen molar-refractivity contribution in [1.82, 2.24) is 10.2 Å². The highest BCUT2D eigenvalue weighted by Crippen LogP contribution is 2.17. The van der Waals surface area contributed by atoms with Crippen molar-refractivity contribution in [1.29, 1.82) is 0 Å². The molecule has 108 valence electrons. The molecular weight excluding hydrogens is 260 g/mol. The lowest BCUT2D eigenvalue weighted by Gasteiger charge is -2.22. The number of carbonyl (C=O) groups is 1. The fraction of sp³-hybridized carbons (Fsp3) is 0.357. The molecular formula is C14H18N2O4. The van der Waals surface area contributed by atoms with Crippen LogP contribution >= 0.6 is 0 Å². The molecule has 0 aromatic carbocycles. The third kappa shape index (κ3) is 3.49. The molecule has 0 aliphatic rings. The number of aromatic carboxylic acids is 1. The van der Waals surface area contributed by atoms with Crippen molar-refractivity contribution in [3.63, 3.8) is 0 Å². The number of hydrogen-bond acceptors (Lipinski definition) is 5. The number of nitrogens with zero attached hydrogens (tertiary/aromatic N) is 1. The largest absolute Gasteiger partial charge is 0.478 e. The predicted molar refractivity (Wildman–Crippen MR) is 72.5 cm³/mol. The van der Waals surface area contributed by atoms with Gasteiger partial charge in [-0.15, -0.1) is 0 Å². The van der Waals surface area contributed by atoms with Gasteiger partial charge in [-0.3, -0.25) is 4.90 Å². The number of carboxylic acid groups (broad SMARTS) is 1. The maximum atomic E-state index is 10.7. The molecule has 0 fully saturated rings. The Morgan fingerprint density at radius 2 is 2.25 bits per heavy atom. The van der Waals surface area contributed by atoms with Gasteiger partial charge in [0.2, 0.25) is 0 Å². The number of hydrogen-bond donors (Lipinski definition) is 2. The van der Waals surface area contributed by atoms with E-state index in [9.17, 15) is 4.79 Å². The number of rotatable bonds is 7. The average molecular weight is 278 g/mol. The van der Waals surface area contributed by atoms with Gasteiger partial charge in [-0.05, 0) is 32.3 Å². The maximum absolute atomic E-state index is 10.7. The Bertz CT molecular complexity index is 545. The van der Waals surface area contributed by atoms with Crippen molar-refractivity contribution in [3.8, 4) is 0 Å². The third-order valence-electron chi connectivity index (χ3n) is 3.03. The van der Waals surface area contributed by atoms with Crippen LogP contribution in [0.3, 0.4) is 0 Å². The average Bonchev–Trinajstić information content (AvgIpc) is 3.05. The molecule has 6 heteroatoms. The summed E-state index contributed by atoms with van der Waals surface area (Å²) in [6.45, 7) is 1.14. The van der Waals surface area contributed by atoms with E-state index in [1.165, 1.54) is 12.3 Å². The first-order valence-corrected chi connectivity index (χ1v) is 6.29. The highest BCUT2D eigenvalue weighted by atomic mass is 16.4. The van der Waals surface area contributed by atoms with Gasteiger partial charge >= 0.3 is 5.97 Å². The quantitative estimate of drug-likeness (QED) is 0.806. The molecule has 0 spiro atoms. The van der Waals surface area contributed by atoms with E-state index in [1.54, 1.807) is 6.26 Å². The lowest BCUT2D eigenvalue weighted by Crippen LogP contribution is -2.30. The van der Waals surface area contributed by atoms with Gasteiger partial charge in [-0.1, -0.05) is 0 Å². The monoisotopic (exact) mass is 278 g/mol. The Hall–Kier alpha value is -2.05. The van der Waals surface area contributed by atoms with E-state index >= 15 is 0 Å². The van der Waals surface area contributed by atoms with Gasteiger partial charge < -0.3 is 19.3 Å². The van der Waals surface area contributed by atoms with Crippen LogP contribution in [0.2, 0.25) is 0 Å². The molecule has 0 saturated heterocycles. The molecule has 2 N–H and O–H groups in total. The van der Waals surface area contributed by atoms with E-state index < -0.39 is 5.97 Å². The molecule has 0 radical (unpaired) electrons. The van der Waals surface area contributed by atoms with Crippen molar-refractivity contribution in [2.45, 2.75) is 12.6 Å². The van der Waals surface area contributed by atoms with Crippen LogP contribution in [0.15, 0.2) is 39.6 Å². The summed E-state index contributed by atoms with van der Waals surface area (Å²) in [7, 11) is 3.95. The molecule has 0 aliphatic heterocycles. The molecule has 1 unspecified atom stereocenters. The smallest absolute Gasteiger partial charge is 0.338 e. The summed E-state index contributed by atoms with van der Waals surface area (Å²) in [6.07, 6.45) is 2.90. The summed E-state index contributed by atoms with van der Waals surface area (Å²) in [4.78, 5) is 12.8. The molecule has 1 atom stereocenters. The number of carboxylic acids is 1. The molecule has 20 heavy (non-hydrogen) atoms. The lowest BCUT2D eigenvalue weighted by atomic mass is 10.2. The fourth-order valence-electron chi connectivity index (χ4n) is 1.94. The van der Waals surface area contributed by atoms with E-state index in [0.29, 0.717) is 18.8 Å². The van der Waals surface area contributed by atoms with Gasteiger partial charge in [0.1, 0.15) is 17.8 Å². The Balaban J connectivity index is 1.88. The molecule has 2 aromatic rings. The minimum atomic E-state index is -0.984. The molecule has 6 nitrogen and oxygen atoms in total. The molecule has 2 rings (SSSR count). The van der Waals surface area contributed by atoms with Crippen LogP contribution in [0.5, 0.6) is 0 Å². The molecule has 0 amide bonds. The van der Waals surface area contributed by atoms with Crippen LogP contribution in [-0.4, -0.2) is 36.6 Å². The van der Waals surface area contributed by atoms with Crippen LogP contribution in [0.25, 0.3) is 0 Å². The Morgan fingerprint density at radius 3 is 2.80 bits per heavy atom. The van der Waals surface area contributed by atoms with Crippen LogP contribution < -0.4 is 5.32 Å². The topological polar surface area (TPSA) is 78.9 Å². The Labute approximate surface area is 117 Å². The van der Waals surface area contributed by atoms with Crippen LogP contribution in [0, 0.1) is 0 Å². The first-order valence-electron chi connectivity index (χ1n) is 6.29. The first kappa shape index (κ1) is 14.4. The minimum absolute atomic E-state index is 0.110. The fourth-order valence-corrected chi connectivity index (χ4v) is 1.94. The summed E-state index contributed by atoms with van der Waals surface area (Å²) >= 11 is 0. The summed E-state index contributed by atoms with van der Waals surface area (Å²) in [5.74, 6) is 0.495. The number of nitrogens with one attached hydrogen (secondary N) is 1. The second-order valence-corrected chi connectivity index (χ2v) is 4.73. The highest BCUT2D eigenvalue weighted by molar-refractivity contribution is 5.87. The Kier molecular flexibility index (Phi) is 4.60. The van der Waals surface area contributed by atoms with Crippen LogP contribution in [0.1, 0.15) is 27.9 Å². The van der Waals surface area contributed by atoms with E-state index in [-0.39, 0.29) is 11.6 Å². The van der Waals surface area contributed by atoms with Gasteiger partial charge in [0, 0.05) is 6.54 Å². The second-order valence-electron chi connectivity index (χ2n) is 4.73. The summed E-state index contributed by atoms with van der Waals surface area (Å²) < 4.78 is 10.6. The highest BCUT2D eigenvalue weighted by Gasteiger charge is 2.16. The molecule has 0 bridgehead atoms. The van der Waals surface area contributed by atoms with Crippen molar-refractivity contribution in [3.05, 3.63) is 47.8 Å². The van der Waals surface area contributed by atoms with Crippen molar-refractivity contribution in [2.75, 3.05) is 20.6 Å². The maximum Gasteiger partial charge on any atom is 0.338 e. The number of likely N-dealkylation sites (N-methyl/N-ethyl adjacent to an activating group) is 1. The van der Waals surface area contributed by atoms with Gasteiger partial charge in [0.15, 0.2) is 0 Å². The number of furan rings is 2. The molecule has 0 saturated carbocycles. The SMILES string of the molecule is CN(C)C(CNCc1cc(C(=O)O)co1)c1ccco1. The van der Waals surface area contributed by atoms with Gasteiger partial charge in [0.05, 0.1) is 24.4 Å². The Morgan fingerprint density at radius 1 is 1.45 bits per heavy atom. The van der Waals surface area contributed by atoms with Gasteiger partial charge in [-0.2, -0.15) is 0 Å². The van der Waals surface area contributed by atoms with Crippen molar-refractivity contribution in [2.24, 2.45) is 0 Å². The summed E-state index contributed by atoms with van der Waals surface area (Å²) in [5, 5.41) is 12.0.